The van der Waals surface area contributed by atoms with E-state index in [2.05, 4.69) is 30.2 Å². The van der Waals surface area contributed by atoms with Crippen molar-refractivity contribution in [3.8, 4) is 0 Å². The van der Waals surface area contributed by atoms with Crippen LogP contribution in [0.2, 0.25) is 0 Å². The van der Waals surface area contributed by atoms with E-state index < -0.39 is 0 Å². The fraction of sp³-hybridized carbons (Fsp3) is 0.615. The van der Waals surface area contributed by atoms with Gasteiger partial charge in [0.25, 0.3) is 0 Å². The summed E-state index contributed by atoms with van der Waals surface area (Å²) in [6.45, 7) is 8.70. The van der Waals surface area contributed by atoms with E-state index in [1.54, 1.807) is 0 Å². The maximum atomic E-state index is 5.59. The Morgan fingerprint density at radius 1 is 1.38 bits per heavy atom. The Morgan fingerprint density at radius 3 is 2.75 bits per heavy atom. The average Bonchev–Trinajstić information content (AvgIpc) is 2.29. The summed E-state index contributed by atoms with van der Waals surface area (Å²) < 4.78 is 5.59. The summed E-state index contributed by atoms with van der Waals surface area (Å²) in [5, 5.41) is 3.41. The van der Waals surface area contributed by atoms with Crippen molar-refractivity contribution in [3.05, 3.63) is 29.6 Å². The fourth-order valence-corrected chi connectivity index (χ4v) is 1.55. The molecule has 0 radical (unpaired) electrons. The summed E-state index contributed by atoms with van der Waals surface area (Å²) in [4.78, 5) is 4.31. The number of pyridine rings is 1. The number of rotatable bonds is 7. The average molecular weight is 222 g/mol. The molecule has 3 heteroatoms. The topological polar surface area (TPSA) is 34.1 Å². The summed E-state index contributed by atoms with van der Waals surface area (Å²) >= 11 is 0. The Morgan fingerprint density at radius 2 is 2.19 bits per heavy atom. The summed E-state index contributed by atoms with van der Waals surface area (Å²) in [5.41, 5.74) is 2.25. The molecule has 0 fully saturated rings. The molecule has 16 heavy (non-hydrogen) atoms. The van der Waals surface area contributed by atoms with Crippen LogP contribution in [-0.2, 0) is 4.74 Å². The van der Waals surface area contributed by atoms with Crippen molar-refractivity contribution >= 4 is 0 Å². The number of hydrogen-bond donors (Lipinski definition) is 1. The highest BCUT2D eigenvalue weighted by molar-refractivity contribution is 5.17. The highest BCUT2D eigenvalue weighted by atomic mass is 16.5. The lowest BCUT2D eigenvalue weighted by Gasteiger charge is -2.18. The summed E-state index contributed by atoms with van der Waals surface area (Å²) in [6, 6.07) is 4.41. The molecule has 1 heterocycles. The molecule has 0 bridgehead atoms. The van der Waals surface area contributed by atoms with E-state index in [0.717, 1.165) is 25.3 Å². The van der Waals surface area contributed by atoms with E-state index in [1.807, 2.05) is 19.2 Å². The summed E-state index contributed by atoms with van der Waals surface area (Å²) in [6.07, 6.45) is 2.99. The number of ether oxygens (including phenoxy) is 1. The molecule has 90 valence electrons. The minimum absolute atomic E-state index is 0.254. The second-order valence-electron chi connectivity index (χ2n) is 3.92. The molecule has 0 saturated carbocycles. The van der Waals surface area contributed by atoms with Crippen molar-refractivity contribution in [3.63, 3.8) is 0 Å². The Hall–Kier alpha value is -0.930. The van der Waals surface area contributed by atoms with E-state index >= 15 is 0 Å². The van der Waals surface area contributed by atoms with Crippen LogP contribution in [0.5, 0.6) is 0 Å². The van der Waals surface area contributed by atoms with E-state index in [-0.39, 0.29) is 6.04 Å². The Kier molecular flexibility index (Phi) is 6.04. The first-order valence-electron chi connectivity index (χ1n) is 6.01. The van der Waals surface area contributed by atoms with Gasteiger partial charge in [-0.15, -0.1) is 0 Å². The van der Waals surface area contributed by atoms with Gasteiger partial charge in [-0.2, -0.15) is 0 Å². The Balaban J connectivity index is 2.57. The van der Waals surface area contributed by atoms with Gasteiger partial charge >= 0.3 is 0 Å². The smallest absolute Gasteiger partial charge is 0.0662 e. The first kappa shape index (κ1) is 13.1. The predicted molar refractivity (Wildman–Crippen MR) is 66.5 cm³/mol. The molecule has 0 aromatic carbocycles. The summed E-state index contributed by atoms with van der Waals surface area (Å²) in [7, 11) is 0. The van der Waals surface area contributed by atoms with E-state index in [9.17, 15) is 0 Å². The zero-order valence-electron chi connectivity index (χ0n) is 10.5. The number of aryl methyl sites for hydroxylation is 1. The zero-order chi connectivity index (χ0) is 11.8. The zero-order valence-corrected chi connectivity index (χ0v) is 10.5. The van der Waals surface area contributed by atoms with Crippen molar-refractivity contribution in [1.82, 2.24) is 10.3 Å². The molecule has 1 N–H and O–H groups in total. The highest BCUT2D eigenvalue weighted by Crippen LogP contribution is 2.12. The van der Waals surface area contributed by atoms with Gasteiger partial charge in [0, 0.05) is 18.5 Å². The molecule has 1 aromatic rings. The number of nitrogens with zero attached hydrogens (tertiary/aromatic N) is 1. The third-order valence-electron chi connectivity index (χ3n) is 2.42. The third kappa shape index (κ3) is 4.29. The van der Waals surface area contributed by atoms with Crippen molar-refractivity contribution in [2.24, 2.45) is 0 Å². The van der Waals surface area contributed by atoms with Gasteiger partial charge in [0.1, 0.15) is 0 Å². The van der Waals surface area contributed by atoms with Gasteiger partial charge in [0.05, 0.1) is 12.6 Å². The van der Waals surface area contributed by atoms with Gasteiger partial charge in [-0.05, 0) is 31.5 Å². The van der Waals surface area contributed by atoms with Crippen LogP contribution in [0.3, 0.4) is 0 Å². The molecule has 3 nitrogen and oxygen atoms in total. The van der Waals surface area contributed by atoms with Crippen molar-refractivity contribution in [2.75, 3.05) is 19.8 Å². The van der Waals surface area contributed by atoms with E-state index in [1.165, 1.54) is 5.56 Å². The highest BCUT2D eigenvalue weighted by Gasteiger charge is 2.10. The quantitative estimate of drug-likeness (QED) is 0.720. The normalized spacial score (nSPS) is 12.7. The third-order valence-corrected chi connectivity index (χ3v) is 2.42. The maximum Gasteiger partial charge on any atom is 0.0662 e. The van der Waals surface area contributed by atoms with E-state index in [4.69, 9.17) is 4.74 Å². The largest absolute Gasteiger partial charge is 0.379 e. The number of nitrogens with one attached hydrogen (secondary N) is 1. The van der Waals surface area contributed by atoms with Crippen molar-refractivity contribution < 1.29 is 4.74 Å². The van der Waals surface area contributed by atoms with Crippen molar-refractivity contribution in [1.29, 1.82) is 0 Å². The number of aromatic nitrogens is 1. The lowest BCUT2D eigenvalue weighted by molar-refractivity contribution is 0.112. The minimum Gasteiger partial charge on any atom is -0.379 e. The first-order chi connectivity index (χ1) is 7.77. The molecule has 0 saturated heterocycles. The lowest BCUT2D eigenvalue weighted by atomic mass is 10.1. The van der Waals surface area contributed by atoms with Gasteiger partial charge in [0.15, 0.2) is 0 Å². The molecule has 0 amide bonds. The molecule has 0 aliphatic carbocycles. The van der Waals surface area contributed by atoms with Gasteiger partial charge in [-0.3, -0.25) is 4.98 Å². The van der Waals surface area contributed by atoms with Crippen LogP contribution in [0.15, 0.2) is 18.3 Å². The molecule has 1 aromatic heterocycles. The SMILES string of the molecule is CCCOCC(NCC)c1ccc(C)nc1. The predicted octanol–water partition coefficient (Wildman–Crippen LogP) is 2.47. The van der Waals surface area contributed by atoms with Crippen molar-refractivity contribution in [2.45, 2.75) is 33.2 Å². The van der Waals surface area contributed by atoms with Crippen LogP contribution >= 0.6 is 0 Å². The first-order valence-corrected chi connectivity index (χ1v) is 6.01. The standard InChI is InChI=1S/C13H22N2O/c1-4-8-16-10-13(14-5-2)12-7-6-11(3)15-9-12/h6-7,9,13-14H,4-5,8,10H2,1-3H3. The molecule has 1 atom stereocenters. The van der Waals surface area contributed by atoms with E-state index in [0.29, 0.717) is 6.61 Å². The Bertz CT molecular complexity index is 284. The van der Waals surface area contributed by atoms with Gasteiger partial charge in [0.2, 0.25) is 0 Å². The monoisotopic (exact) mass is 222 g/mol. The Labute approximate surface area is 98.2 Å². The maximum absolute atomic E-state index is 5.59. The fourth-order valence-electron chi connectivity index (χ4n) is 1.55. The molecule has 1 unspecified atom stereocenters. The second-order valence-corrected chi connectivity index (χ2v) is 3.92. The molecule has 0 aliphatic heterocycles. The van der Waals surface area contributed by atoms with Crippen LogP contribution in [0.25, 0.3) is 0 Å². The van der Waals surface area contributed by atoms with Crippen LogP contribution in [0, 0.1) is 6.92 Å². The van der Waals surface area contributed by atoms with Gasteiger partial charge < -0.3 is 10.1 Å². The van der Waals surface area contributed by atoms with Crippen LogP contribution < -0.4 is 5.32 Å². The molecular weight excluding hydrogens is 200 g/mol. The molecular formula is C13H22N2O. The summed E-state index contributed by atoms with van der Waals surface area (Å²) in [5.74, 6) is 0. The number of hydrogen-bond acceptors (Lipinski definition) is 3. The van der Waals surface area contributed by atoms with Crippen LogP contribution in [0.4, 0.5) is 0 Å². The minimum atomic E-state index is 0.254. The molecule has 0 spiro atoms. The molecule has 1 rings (SSSR count). The second kappa shape index (κ2) is 7.36. The molecule has 0 aliphatic rings. The van der Waals surface area contributed by atoms with Gasteiger partial charge in [-0.25, -0.2) is 0 Å². The lowest BCUT2D eigenvalue weighted by Crippen LogP contribution is -2.25. The van der Waals surface area contributed by atoms with Crippen LogP contribution in [0.1, 0.15) is 37.6 Å². The number of likely N-dealkylation sites (N-methyl/N-ethyl adjacent to an activating group) is 1. The van der Waals surface area contributed by atoms with Crippen LogP contribution in [-0.4, -0.2) is 24.7 Å². The van der Waals surface area contributed by atoms with Gasteiger partial charge in [-0.1, -0.05) is 19.9 Å².